The van der Waals surface area contributed by atoms with Gasteiger partial charge < -0.3 is 9.84 Å². The Morgan fingerprint density at radius 2 is 2.10 bits per heavy atom. The second-order valence-electron chi connectivity index (χ2n) is 8.39. The predicted octanol–water partition coefficient (Wildman–Crippen LogP) is 3.85. The normalized spacial score (nSPS) is 20.7. The Balaban J connectivity index is 1.35. The van der Waals surface area contributed by atoms with Crippen LogP contribution in [0.2, 0.25) is 0 Å². The molecule has 0 saturated heterocycles. The Morgan fingerprint density at radius 1 is 1.24 bits per heavy atom. The van der Waals surface area contributed by atoms with Crippen molar-refractivity contribution in [2.45, 2.75) is 58.0 Å². The van der Waals surface area contributed by atoms with Gasteiger partial charge in [0.1, 0.15) is 5.76 Å². The molecule has 0 spiro atoms. The Hall–Kier alpha value is -2.89. The molecule has 0 aliphatic heterocycles. The first-order chi connectivity index (χ1) is 14.2. The number of carbonyl (C=O) groups is 1. The van der Waals surface area contributed by atoms with Crippen molar-refractivity contribution >= 4 is 5.91 Å². The minimum Gasteiger partial charge on any atom is -0.360 e. The summed E-state index contributed by atoms with van der Waals surface area (Å²) in [6.07, 6.45) is 7.70. The Labute approximate surface area is 170 Å². The van der Waals surface area contributed by atoms with E-state index < -0.39 is 0 Å². The molecule has 3 aromatic rings. The first kappa shape index (κ1) is 18.2. The third-order valence-corrected chi connectivity index (χ3v) is 6.24. The Kier molecular flexibility index (Phi) is 4.70. The molecule has 2 heterocycles. The molecular formula is C23H26N4O2. The van der Waals surface area contributed by atoms with E-state index in [2.05, 4.69) is 39.3 Å². The number of aromatic nitrogens is 3. The van der Waals surface area contributed by atoms with Crippen LogP contribution in [-0.4, -0.2) is 20.8 Å². The van der Waals surface area contributed by atoms with Crippen molar-refractivity contribution in [1.29, 1.82) is 0 Å². The van der Waals surface area contributed by atoms with Gasteiger partial charge in [-0.2, -0.15) is 5.10 Å². The number of nitrogens with zero attached hydrogens (tertiary/aromatic N) is 3. The van der Waals surface area contributed by atoms with E-state index in [0.29, 0.717) is 11.6 Å². The summed E-state index contributed by atoms with van der Waals surface area (Å²) in [6.45, 7) is 2.97. The summed E-state index contributed by atoms with van der Waals surface area (Å²) in [5.74, 6) is 1.32. The molecule has 1 aromatic carbocycles. The fraction of sp³-hybridized carbons (Fsp3) is 0.435. The molecule has 2 aliphatic carbocycles. The summed E-state index contributed by atoms with van der Waals surface area (Å²) in [5.41, 5.74) is 5.05. The molecule has 1 amide bonds. The maximum absolute atomic E-state index is 13.0. The number of hydrogen-bond donors (Lipinski definition) is 1. The number of aryl methyl sites for hydroxylation is 1. The van der Waals surface area contributed by atoms with E-state index in [1.807, 2.05) is 24.4 Å². The highest BCUT2D eigenvalue weighted by molar-refractivity contribution is 5.94. The van der Waals surface area contributed by atoms with Gasteiger partial charge in [0.25, 0.3) is 5.91 Å². The van der Waals surface area contributed by atoms with Crippen LogP contribution >= 0.6 is 0 Å². The molecule has 0 radical (unpaired) electrons. The van der Waals surface area contributed by atoms with Crippen LogP contribution in [0.1, 0.15) is 70.9 Å². The molecule has 1 N–H and O–H groups in total. The second kappa shape index (κ2) is 7.50. The molecule has 29 heavy (non-hydrogen) atoms. The van der Waals surface area contributed by atoms with Crippen LogP contribution in [0.3, 0.4) is 0 Å². The zero-order valence-corrected chi connectivity index (χ0v) is 16.7. The lowest BCUT2D eigenvalue weighted by atomic mass is 9.88. The average Bonchev–Trinajstić information content (AvgIpc) is 3.33. The largest absolute Gasteiger partial charge is 0.360 e. The maximum atomic E-state index is 13.0. The summed E-state index contributed by atoms with van der Waals surface area (Å²) in [5, 5.41) is 11.9. The van der Waals surface area contributed by atoms with E-state index in [1.165, 1.54) is 11.3 Å². The molecule has 0 bridgehead atoms. The van der Waals surface area contributed by atoms with Crippen molar-refractivity contribution in [3.05, 3.63) is 70.4 Å². The second-order valence-corrected chi connectivity index (χ2v) is 8.39. The van der Waals surface area contributed by atoms with Crippen LogP contribution in [0.5, 0.6) is 0 Å². The monoisotopic (exact) mass is 390 g/mol. The third kappa shape index (κ3) is 3.48. The smallest absolute Gasteiger partial charge is 0.274 e. The molecule has 0 fully saturated rings. The molecule has 0 saturated carbocycles. The number of rotatable bonds is 4. The highest BCUT2D eigenvalue weighted by Crippen LogP contribution is 2.32. The highest BCUT2D eigenvalue weighted by atomic mass is 16.5. The van der Waals surface area contributed by atoms with E-state index >= 15 is 0 Å². The van der Waals surface area contributed by atoms with Gasteiger partial charge >= 0.3 is 0 Å². The van der Waals surface area contributed by atoms with Gasteiger partial charge in [-0.15, -0.1) is 0 Å². The van der Waals surface area contributed by atoms with Gasteiger partial charge in [-0.25, -0.2) is 0 Å². The number of nitrogens with one attached hydrogen (secondary N) is 1. The van der Waals surface area contributed by atoms with Crippen LogP contribution in [0.4, 0.5) is 0 Å². The first-order valence-corrected chi connectivity index (χ1v) is 10.6. The molecule has 6 nitrogen and oxygen atoms in total. The van der Waals surface area contributed by atoms with Gasteiger partial charge in [0.05, 0.1) is 18.8 Å². The van der Waals surface area contributed by atoms with Gasteiger partial charge in [0.15, 0.2) is 5.69 Å². The van der Waals surface area contributed by atoms with E-state index in [-0.39, 0.29) is 11.9 Å². The SMILES string of the molecule is C[C@@H]1CCc2onc(C(=O)N[C@@H]3CCCc4c3cnn4Cc3ccccc3)c2C1. The minimum absolute atomic E-state index is 0.0239. The Bertz CT molecular complexity index is 1020. The van der Waals surface area contributed by atoms with Gasteiger partial charge in [-0.3, -0.25) is 9.48 Å². The predicted molar refractivity (Wildman–Crippen MR) is 109 cm³/mol. The van der Waals surface area contributed by atoms with E-state index in [1.54, 1.807) is 0 Å². The summed E-state index contributed by atoms with van der Waals surface area (Å²) in [7, 11) is 0. The number of amides is 1. The van der Waals surface area contributed by atoms with Crippen LogP contribution < -0.4 is 5.32 Å². The van der Waals surface area contributed by atoms with Crippen molar-refractivity contribution in [2.24, 2.45) is 5.92 Å². The minimum atomic E-state index is -0.127. The standard InChI is InChI=1S/C23H26N4O2/c1-15-10-11-21-17(12-15)22(26-29-21)23(28)25-19-8-5-9-20-18(19)13-24-27(20)14-16-6-3-2-4-7-16/h2-4,6-7,13,15,19H,5,8-12,14H2,1H3,(H,25,28)/t15-,19-/m1/s1. The highest BCUT2D eigenvalue weighted by Gasteiger charge is 2.30. The van der Waals surface area contributed by atoms with Crippen molar-refractivity contribution < 1.29 is 9.32 Å². The lowest BCUT2D eigenvalue weighted by Crippen LogP contribution is -2.32. The zero-order valence-electron chi connectivity index (χ0n) is 16.7. The van der Waals surface area contributed by atoms with Gasteiger partial charge in [-0.05, 0) is 43.6 Å². The van der Waals surface area contributed by atoms with Crippen LogP contribution in [-0.2, 0) is 25.8 Å². The van der Waals surface area contributed by atoms with Crippen molar-refractivity contribution in [3.8, 4) is 0 Å². The number of hydrogen-bond acceptors (Lipinski definition) is 4. The Morgan fingerprint density at radius 3 is 2.97 bits per heavy atom. The number of fused-ring (bicyclic) bond motifs is 2. The number of carbonyl (C=O) groups excluding carboxylic acids is 1. The summed E-state index contributed by atoms with van der Waals surface area (Å²) in [4.78, 5) is 13.0. The summed E-state index contributed by atoms with van der Waals surface area (Å²) in [6, 6.07) is 10.3. The zero-order chi connectivity index (χ0) is 19.8. The molecule has 150 valence electrons. The van der Waals surface area contributed by atoms with E-state index in [4.69, 9.17) is 4.52 Å². The lowest BCUT2D eigenvalue weighted by molar-refractivity contribution is 0.0922. The quantitative estimate of drug-likeness (QED) is 0.734. The molecule has 0 unspecified atom stereocenters. The summed E-state index contributed by atoms with van der Waals surface area (Å²) >= 11 is 0. The van der Waals surface area contributed by atoms with E-state index in [9.17, 15) is 4.79 Å². The maximum Gasteiger partial charge on any atom is 0.274 e. The van der Waals surface area contributed by atoms with Crippen molar-refractivity contribution in [3.63, 3.8) is 0 Å². The molecule has 6 heteroatoms. The van der Waals surface area contributed by atoms with Gasteiger partial charge in [0.2, 0.25) is 0 Å². The van der Waals surface area contributed by atoms with Crippen LogP contribution in [0.15, 0.2) is 41.1 Å². The van der Waals surface area contributed by atoms with E-state index in [0.717, 1.165) is 62.0 Å². The molecule has 2 atom stereocenters. The molecular weight excluding hydrogens is 364 g/mol. The average molecular weight is 390 g/mol. The molecule has 5 rings (SSSR count). The first-order valence-electron chi connectivity index (χ1n) is 10.6. The van der Waals surface area contributed by atoms with Crippen molar-refractivity contribution in [1.82, 2.24) is 20.3 Å². The fourth-order valence-electron chi connectivity index (χ4n) is 4.64. The molecule has 2 aliphatic rings. The van der Waals surface area contributed by atoms with Crippen LogP contribution in [0, 0.1) is 5.92 Å². The van der Waals surface area contributed by atoms with Gasteiger partial charge in [-0.1, -0.05) is 42.4 Å². The summed E-state index contributed by atoms with van der Waals surface area (Å²) < 4.78 is 7.53. The molecule has 2 aromatic heterocycles. The number of benzene rings is 1. The van der Waals surface area contributed by atoms with Crippen molar-refractivity contribution in [2.75, 3.05) is 0 Å². The van der Waals surface area contributed by atoms with Gasteiger partial charge in [0, 0.05) is 23.2 Å². The fourth-order valence-corrected chi connectivity index (χ4v) is 4.64. The lowest BCUT2D eigenvalue weighted by Gasteiger charge is -2.24. The third-order valence-electron chi connectivity index (χ3n) is 6.24. The topological polar surface area (TPSA) is 73.0 Å². The van der Waals surface area contributed by atoms with Crippen LogP contribution in [0.25, 0.3) is 0 Å².